The fourth-order valence-corrected chi connectivity index (χ4v) is 12.9. The Labute approximate surface area is 565 Å². The number of nitrogens with zero attached hydrogens (tertiary/aromatic N) is 12. The molecule has 3 fully saturated rings. The highest BCUT2D eigenvalue weighted by molar-refractivity contribution is 9.10. The Morgan fingerprint density at radius 3 is 1.37 bits per heavy atom. The molecule has 3 amide bonds. The van der Waals surface area contributed by atoms with Gasteiger partial charge in [0.15, 0.2) is 10.4 Å². The van der Waals surface area contributed by atoms with Crippen molar-refractivity contribution in [1.29, 1.82) is 15.8 Å². The Bertz CT molecular complexity index is 5000. The van der Waals surface area contributed by atoms with Crippen LogP contribution in [0.15, 0.2) is 169 Å². The van der Waals surface area contributed by atoms with Gasteiger partial charge in [0.05, 0.1) is 50.2 Å². The van der Waals surface area contributed by atoms with E-state index in [1.807, 2.05) is 63.2 Å². The van der Waals surface area contributed by atoms with E-state index < -0.39 is 5.56 Å². The van der Waals surface area contributed by atoms with E-state index in [1.165, 1.54) is 50.1 Å². The van der Waals surface area contributed by atoms with E-state index in [2.05, 4.69) is 34.1 Å². The third kappa shape index (κ3) is 13.6. The number of fused-ring (bicyclic) bond motifs is 3. The van der Waals surface area contributed by atoms with Crippen LogP contribution in [-0.2, 0) is 20.6 Å². The molecule has 480 valence electrons. The number of rotatable bonds is 8. The van der Waals surface area contributed by atoms with Gasteiger partial charge in [-0.05, 0) is 119 Å². The van der Waals surface area contributed by atoms with Gasteiger partial charge in [-0.25, -0.2) is 8.78 Å². The normalized spacial score (nSPS) is 13.9. The van der Waals surface area contributed by atoms with Crippen molar-refractivity contribution in [2.45, 2.75) is 6.54 Å². The smallest absolute Gasteiger partial charge is 0.289 e. The van der Waals surface area contributed by atoms with Crippen LogP contribution < -0.4 is 31.4 Å². The predicted octanol–water partition coefficient (Wildman–Crippen LogP) is 11.2. The topological polar surface area (TPSA) is 221 Å². The molecule has 0 spiro atoms. The molecule has 25 heteroatoms. The number of anilines is 3. The molecule has 3 aliphatic heterocycles. The molecule has 10 aromatic rings. The van der Waals surface area contributed by atoms with Crippen molar-refractivity contribution in [3.8, 4) is 18.2 Å². The molecular weight excluding hydrogens is 1350 g/mol. The Kier molecular flexibility index (Phi) is 19.9. The summed E-state index contributed by atoms with van der Waals surface area (Å²) in [5.74, 6) is -0.961. The molecule has 95 heavy (non-hydrogen) atoms. The number of nitriles is 3. The molecular formula is C70H56BrCl3F2N12O7. The number of piperazine rings is 3. The number of aryl methyl sites for hydroxylation is 2. The molecule has 0 bridgehead atoms. The molecule has 0 unspecified atom stereocenters. The second kappa shape index (κ2) is 28.5. The Balaban J connectivity index is 0.000000147. The maximum absolute atomic E-state index is 13.6. The van der Waals surface area contributed by atoms with Crippen LogP contribution in [-0.4, -0.2) is 125 Å². The first-order valence-electron chi connectivity index (χ1n) is 29.9. The molecule has 0 aliphatic carbocycles. The number of pyridine rings is 3. The summed E-state index contributed by atoms with van der Waals surface area (Å²) < 4.78 is 36.9. The van der Waals surface area contributed by atoms with Crippen LogP contribution >= 0.6 is 50.7 Å². The number of hydrogen-bond donors (Lipinski definition) is 0. The summed E-state index contributed by atoms with van der Waals surface area (Å²) in [6.07, 6.45) is 0. The van der Waals surface area contributed by atoms with Gasteiger partial charge in [-0.15, -0.1) is 0 Å². The van der Waals surface area contributed by atoms with Crippen molar-refractivity contribution in [2.24, 2.45) is 14.1 Å². The largest absolute Gasteiger partial charge is 0.444 e. The van der Waals surface area contributed by atoms with E-state index in [-0.39, 0.29) is 69.5 Å². The molecule has 7 heterocycles. The standard InChI is InChI=1S/C28H20Cl3FN4O2.C22H19FN4O2.C20H17BrN4O3/c29-19-4-8-25-21(14-19)26(22(15-33)28(38)36(25)16-17-1-5-20(32)6-2-17)34-9-11-35(12-10-34)27(37)18-3-7-23(30)24(31)13-18;1-25-19-5-3-2-4-17(19)20(18(14-24)22(25)29)26-10-12-27(13-11-26)21(28)15-6-8-16(23)9-7-15;1-23-15-5-3-2-4-13(15)18(14(12-22)19(23)26)24-8-10-25(11-9-24)20(27)16-6-7-17(21)28-16/h1-8,13-14H,9-12,16H2;2-9H,10-13H2,1H3;2-7H,8-11H2,1H3. The van der Waals surface area contributed by atoms with Gasteiger partial charge in [-0.2, -0.15) is 15.8 Å². The minimum atomic E-state index is -0.448. The number of aromatic nitrogens is 3. The SMILES string of the molecule is Cn1c(=O)c(C#N)c(N2CCN(C(=O)c3ccc(Br)o3)CC2)c2ccccc21.Cn1c(=O)c(C#N)c(N2CCN(C(=O)c3ccc(F)cc3)CC2)c2ccccc21.N#Cc1c(N2CCN(C(=O)c3ccc(Cl)c(Cl)c3)CC2)c2cc(Cl)ccc2n(Cc2ccc(F)cc2)c1=O. The lowest BCUT2D eigenvalue weighted by molar-refractivity contribution is 0.0711. The quantitative estimate of drug-likeness (QED) is 0.138. The highest BCUT2D eigenvalue weighted by Crippen LogP contribution is 2.35. The van der Waals surface area contributed by atoms with Crippen molar-refractivity contribution in [2.75, 3.05) is 93.2 Å². The number of furan rings is 1. The van der Waals surface area contributed by atoms with E-state index in [4.69, 9.17) is 39.2 Å². The summed E-state index contributed by atoms with van der Waals surface area (Å²) in [6, 6.07) is 45.9. The number of benzene rings is 6. The third-order valence-electron chi connectivity index (χ3n) is 17.0. The third-order valence-corrected chi connectivity index (χ3v) is 18.4. The Morgan fingerprint density at radius 1 is 0.474 bits per heavy atom. The van der Waals surface area contributed by atoms with Crippen LogP contribution in [0, 0.1) is 45.6 Å². The van der Waals surface area contributed by atoms with Crippen LogP contribution in [0.3, 0.4) is 0 Å². The molecule has 0 saturated carbocycles. The number of carbonyl (C=O) groups excluding carboxylic acids is 3. The summed E-state index contributed by atoms with van der Waals surface area (Å²) in [6.45, 7) is 5.64. The van der Waals surface area contributed by atoms with Gasteiger partial charge in [-0.3, -0.25) is 28.8 Å². The monoisotopic (exact) mass is 1400 g/mol. The highest BCUT2D eigenvalue weighted by atomic mass is 79.9. The number of hydrogen-bond acceptors (Lipinski definition) is 13. The fraction of sp³-hybridized carbons (Fsp3) is 0.214. The number of amides is 3. The van der Waals surface area contributed by atoms with E-state index in [0.29, 0.717) is 137 Å². The average Bonchev–Trinajstić information content (AvgIpc) is 0.851. The lowest BCUT2D eigenvalue weighted by atomic mass is 10.1. The Hall–Kier alpha value is -10.3. The minimum Gasteiger partial charge on any atom is -0.444 e. The summed E-state index contributed by atoms with van der Waals surface area (Å²) in [5, 5.41) is 32.8. The van der Waals surface area contributed by atoms with E-state index in [9.17, 15) is 53.3 Å². The van der Waals surface area contributed by atoms with Crippen LogP contribution in [0.25, 0.3) is 32.7 Å². The van der Waals surface area contributed by atoms with Crippen LogP contribution in [0.2, 0.25) is 15.1 Å². The maximum atomic E-state index is 13.6. The van der Waals surface area contributed by atoms with Gasteiger partial charge in [0.25, 0.3) is 34.4 Å². The molecule has 19 nitrogen and oxygen atoms in total. The fourth-order valence-electron chi connectivity index (χ4n) is 12.2. The summed E-state index contributed by atoms with van der Waals surface area (Å²) in [4.78, 5) is 88.3. The molecule has 0 N–H and O–H groups in total. The second-order valence-electron chi connectivity index (χ2n) is 22.5. The van der Waals surface area contributed by atoms with E-state index in [0.717, 1.165) is 27.4 Å². The molecule has 0 atom stereocenters. The van der Waals surface area contributed by atoms with Crippen molar-refractivity contribution in [3.63, 3.8) is 0 Å². The molecule has 3 aliphatic rings. The van der Waals surface area contributed by atoms with Crippen LogP contribution in [0.1, 0.15) is 53.5 Å². The van der Waals surface area contributed by atoms with E-state index in [1.54, 1.807) is 89.5 Å². The maximum Gasteiger partial charge on any atom is 0.289 e. The van der Waals surface area contributed by atoms with Gasteiger partial charge >= 0.3 is 0 Å². The van der Waals surface area contributed by atoms with Gasteiger partial charge in [0, 0.05) is 125 Å². The van der Waals surface area contributed by atoms with Crippen molar-refractivity contribution < 1.29 is 27.6 Å². The highest BCUT2D eigenvalue weighted by Gasteiger charge is 2.31. The predicted molar refractivity (Wildman–Crippen MR) is 365 cm³/mol. The molecule has 6 aromatic carbocycles. The summed E-state index contributed by atoms with van der Waals surface area (Å²) in [5.41, 5.74) is 4.66. The first-order chi connectivity index (χ1) is 45.8. The average molecular weight is 1400 g/mol. The number of para-hydroxylation sites is 2. The van der Waals surface area contributed by atoms with E-state index >= 15 is 0 Å². The van der Waals surface area contributed by atoms with Crippen molar-refractivity contribution >= 4 is 118 Å². The zero-order valence-electron chi connectivity index (χ0n) is 51.0. The summed E-state index contributed by atoms with van der Waals surface area (Å²) >= 11 is 21.6. The molecule has 4 aromatic heterocycles. The van der Waals surface area contributed by atoms with Crippen molar-refractivity contribution in [3.05, 3.63) is 247 Å². The Morgan fingerprint density at radius 2 is 0.905 bits per heavy atom. The lowest BCUT2D eigenvalue weighted by Gasteiger charge is -2.37. The van der Waals surface area contributed by atoms with Gasteiger partial charge in [0.1, 0.15) is 46.5 Å². The van der Waals surface area contributed by atoms with Crippen molar-refractivity contribution in [1.82, 2.24) is 28.4 Å². The molecule has 0 radical (unpaired) electrons. The first kappa shape index (κ1) is 66.2. The summed E-state index contributed by atoms with van der Waals surface area (Å²) in [7, 11) is 3.34. The van der Waals surface area contributed by atoms with Gasteiger partial charge < -0.3 is 47.5 Å². The van der Waals surface area contributed by atoms with Crippen LogP contribution in [0.4, 0.5) is 25.8 Å². The second-order valence-corrected chi connectivity index (χ2v) is 24.6. The first-order valence-corrected chi connectivity index (χ1v) is 31.8. The number of halogens is 6. The minimum absolute atomic E-state index is 0.00821. The van der Waals surface area contributed by atoms with Gasteiger partial charge in [0.2, 0.25) is 0 Å². The zero-order valence-corrected chi connectivity index (χ0v) is 54.9. The number of carbonyl (C=O) groups is 3. The molecule has 13 rings (SSSR count). The zero-order chi connectivity index (χ0) is 67.4. The van der Waals surface area contributed by atoms with Gasteiger partial charge in [-0.1, -0.05) is 83.3 Å². The van der Waals surface area contributed by atoms with Crippen LogP contribution in [0.5, 0.6) is 0 Å². The lowest BCUT2D eigenvalue weighted by Crippen LogP contribution is -2.49. The molecule has 3 saturated heterocycles.